The maximum absolute atomic E-state index is 12.0. The van der Waals surface area contributed by atoms with Crippen LogP contribution in [-0.4, -0.2) is 31.4 Å². The molecule has 7 heteroatoms. The molecule has 16 heavy (non-hydrogen) atoms. The highest BCUT2D eigenvalue weighted by Gasteiger charge is 2.32. The van der Waals surface area contributed by atoms with Crippen LogP contribution < -0.4 is 4.72 Å². The van der Waals surface area contributed by atoms with Gasteiger partial charge in [0.2, 0.25) is 0 Å². The first-order valence-corrected chi connectivity index (χ1v) is 6.89. The quantitative estimate of drug-likeness (QED) is 0.744. The van der Waals surface area contributed by atoms with Gasteiger partial charge >= 0.3 is 5.76 Å². The molecule has 0 radical (unpaired) electrons. The van der Waals surface area contributed by atoms with Crippen LogP contribution in [0.3, 0.4) is 0 Å². The van der Waals surface area contributed by atoms with Gasteiger partial charge in [-0.1, -0.05) is 25.7 Å². The normalized spacial score (nSPS) is 22.0. The first-order valence-electron chi connectivity index (χ1n) is 5.35. The lowest BCUT2D eigenvalue weighted by molar-refractivity contribution is 0.0299. The van der Waals surface area contributed by atoms with Crippen molar-refractivity contribution in [2.24, 2.45) is 0 Å². The minimum Gasteiger partial charge on any atom is -0.389 e. The number of rotatable bonds is 4. The van der Waals surface area contributed by atoms with E-state index >= 15 is 0 Å². The predicted octanol–water partition coefficient (Wildman–Crippen LogP) is 1.21. The molecule has 0 unspecified atom stereocenters. The molecular weight excluding hydrogens is 240 g/mol. The van der Waals surface area contributed by atoms with Crippen molar-refractivity contribution < 1.29 is 22.3 Å². The molecule has 0 atom stereocenters. The molecule has 0 spiro atoms. The summed E-state index contributed by atoms with van der Waals surface area (Å²) in [6.45, 7) is -0.320. The van der Waals surface area contributed by atoms with Gasteiger partial charge in [-0.3, -0.25) is 0 Å². The van der Waals surface area contributed by atoms with E-state index in [1.54, 1.807) is 4.72 Å². The van der Waals surface area contributed by atoms with Gasteiger partial charge in [-0.15, -0.1) is 0 Å². The Hall–Kier alpha value is -0.270. The molecule has 0 heterocycles. The Bertz CT molecular complexity index is 311. The van der Waals surface area contributed by atoms with E-state index in [1.165, 1.54) is 0 Å². The number of hydrogen-bond acceptors (Lipinski definition) is 3. The maximum Gasteiger partial charge on any atom is 0.350 e. The van der Waals surface area contributed by atoms with Gasteiger partial charge in [-0.05, 0) is 12.8 Å². The molecular formula is C9H17F2NO3S. The van der Waals surface area contributed by atoms with Gasteiger partial charge in [-0.25, -0.2) is 13.1 Å². The van der Waals surface area contributed by atoms with E-state index in [9.17, 15) is 22.3 Å². The zero-order chi connectivity index (χ0) is 12.2. The Balaban J connectivity index is 2.52. The summed E-state index contributed by atoms with van der Waals surface area (Å²) in [6, 6.07) is 0. The van der Waals surface area contributed by atoms with Gasteiger partial charge in [0.1, 0.15) is 0 Å². The SMILES string of the molecule is O=S(=O)(NCC1(O)CCCCCC1)C(F)F. The lowest BCUT2D eigenvalue weighted by Crippen LogP contribution is -2.44. The summed E-state index contributed by atoms with van der Waals surface area (Å²) in [6.07, 6.45) is 4.49. The molecule has 4 nitrogen and oxygen atoms in total. The number of nitrogens with one attached hydrogen (secondary N) is 1. The fourth-order valence-electron chi connectivity index (χ4n) is 1.86. The molecule has 0 aromatic heterocycles. The first-order chi connectivity index (χ1) is 7.36. The zero-order valence-corrected chi connectivity index (χ0v) is 9.77. The van der Waals surface area contributed by atoms with E-state index in [2.05, 4.69) is 0 Å². The van der Waals surface area contributed by atoms with Crippen LogP contribution in [0.1, 0.15) is 38.5 Å². The van der Waals surface area contributed by atoms with E-state index in [4.69, 9.17) is 0 Å². The van der Waals surface area contributed by atoms with Crippen LogP contribution in [0.5, 0.6) is 0 Å². The number of hydrogen-bond donors (Lipinski definition) is 2. The highest BCUT2D eigenvalue weighted by molar-refractivity contribution is 7.89. The van der Waals surface area contributed by atoms with Gasteiger partial charge in [0, 0.05) is 6.54 Å². The largest absolute Gasteiger partial charge is 0.389 e. The molecule has 2 N–H and O–H groups in total. The Morgan fingerprint density at radius 2 is 1.69 bits per heavy atom. The van der Waals surface area contributed by atoms with Gasteiger partial charge in [0.15, 0.2) is 0 Å². The van der Waals surface area contributed by atoms with Crippen LogP contribution >= 0.6 is 0 Å². The highest BCUT2D eigenvalue weighted by atomic mass is 32.2. The Kier molecular flexibility index (Phi) is 4.63. The summed E-state index contributed by atoms with van der Waals surface area (Å²) in [7, 11) is -4.59. The summed E-state index contributed by atoms with van der Waals surface area (Å²) in [5.74, 6) is -3.44. The topological polar surface area (TPSA) is 66.4 Å². The molecule has 96 valence electrons. The van der Waals surface area contributed by atoms with E-state index in [0.29, 0.717) is 12.8 Å². The molecule has 0 aliphatic heterocycles. The van der Waals surface area contributed by atoms with Crippen molar-refractivity contribution in [3.63, 3.8) is 0 Å². The van der Waals surface area contributed by atoms with E-state index in [-0.39, 0.29) is 6.54 Å². The first kappa shape index (κ1) is 13.8. The second kappa shape index (κ2) is 5.37. The van der Waals surface area contributed by atoms with Crippen LogP contribution in [-0.2, 0) is 10.0 Å². The molecule has 1 aliphatic rings. The van der Waals surface area contributed by atoms with Crippen LogP contribution in [0.4, 0.5) is 8.78 Å². The van der Waals surface area contributed by atoms with Crippen LogP contribution in [0.15, 0.2) is 0 Å². The van der Waals surface area contributed by atoms with Gasteiger partial charge in [0.25, 0.3) is 10.0 Å². The zero-order valence-electron chi connectivity index (χ0n) is 8.95. The molecule has 0 amide bonds. The lowest BCUT2D eigenvalue weighted by Gasteiger charge is -2.26. The third kappa shape index (κ3) is 3.95. The fraction of sp³-hybridized carbons (Fsp3) is 1.00. The smallest absolute Gasteiger partial charge is 0.350 e. The molecule has 1 saturated carbocycles. The Labute approximate surface area is 94.1 Å². The molecule has 1 aliphatic carbocycles. The predicted molar refractivity (Wildman–Crippen MR) is 55.6 cm³/mol. The van der Waals surface area contributed by atoms with E-state index in [0.717, 1.165) is 25.7 Å². The Morgan fingerprint density at radius 3 is 2.12 bits per heavy atom. The number of alkyl halides is 2. The number of sulfonamides is 1. The number of aliphatic hydroxyl groups is 1. The molecule has 1 rings (SSSR count). The van der Waals surface area contributed by atoms with Crippen molar-refractivity contribution in [3.8, 4) is 0 Å². The average Bonchev–Trinajstić information content (AvgIpc) is 2.41. The summed E-state index contributed by atoms with van der Waals surface area (Å²) in [5.41, 5.74) is -1.17. The van der Waals surface area contributed by atoms with Crippen molar-refractivity contribution in [1.29, 1.82) is 0 Å². The van der Waals surface area contributed by atoms with Gasteiger partial charge in [0.05, 0.1) is 5.60 Å². The third-order valence-electron chi connectivity index (χ3n) is 2.87. The summed E-state index contributed by atoms with van der Waals surface area (Å²) in [5, 5.41) is 10.0. The van der Waals surface area contributed by atoms with Crippen LogP contribution in [0.25, 0.3) is 0 Å². The number of halogens is 2. The van der Waals surface area contributed by atoms with Crippen LogP contribution in [0.2, 0.25) is 0 Å². The summed E-state index contributed by atoms with van der Waals surface area (Å²) in [4.78, 5) is 0. The van der Waals surface area contributed by atoms with Crippen molar-refractivity contribution in [1.82, 2.24) is 4.72 Å². The van der Waals surface area contributed by atoms with E-state index in [1.807, 2.05) is 0 Å². The second-order valence-corrected chi connectivity index (χ2v) is 6.00. The maximum atomic E-state index is 12.0. The molecule has 1 fully saturated rings. The molecule has 0 aromatic rings. The average molecular weight is 257 g/mol. The van der Waals surface area contributed by atoms with Crippen molar-refractivity contribution >= 4 is 10.0 Å². The standard InChI is InChI=1S/C9H17F2NO3S/c10-8(11)16(14,15)12-7-9(13)5-3-1-2-4-6-9/h8,12-13H,1-7H2. The summed E-state index contributed by atoms with van der Waals surface area (Å²) >= 11 is 0. The molecule has 0 bridgehead atoms. The second-order valence-electron chi connectivity index (χ2n) is 4.27. The lowest BCUT2D eigenvalue weighted by atomic mass is 9.95. The van der Waals surface area contributed by atoms with Gasteiger partial charge in [-0.2, -0.15) is 8.78 Å². The minimum absolute atomic E-state index is 0.320. The Morgan fingerprint density at radius 1 is 1.19 bits per heavy atom. The van der Waals surface area contributed by atoms with E-state index < -0.39 is 21.4 Å². The van der Waals surface area contributed by atoms with Crippen molar-refractivity contribution in [2.75, 3.05) is 6.54 Å². The molecule has 0 saturated heterocycles. The summed E-state index contributed by atoms with van der Waals surface area (Å²) < 4.78 is 47.5. The molecule has 0 aromatic carbocycles. The fourth-order valence-corrected chi connectivity index (χ4v) is 2.46. The highest BCUT2D eigenvalue weighted by Crippen LogP contribution is 2.26. The van der Waals surface area contributed by atoms with Crippen LogP contribution in [0, 0.1) is 0 Å². The third-order valence-corrected chi connectivity index (χ3v) is 3.89. The van der Waals surface area contributed by atoms with Crippen molar-refractivity contribution in [2.45, 2.75) is 49.9 Å². The monoisotopic (exact) mass is 257 g/mol. The minimum atomic E-state index is -4.59. The van der Waals surface area contributed by atoms with Crippen molar-refractivity contribution in [3.05, 3.63) is 0 Å². The van der Waals surface area contributed by atoms with Gasteiger partial charge < -0.3 is 5.11 Å².